The fourth-order valence-electron chi connectivity index (χ4n) is 2.79. The summed E-state index contributed by atoms with van der Waals surface area (Å²) in [6.45, 7) is 5.93. The summed E-state index contributed by atoms with van der Waals surface area (Å²) in [5.74, 6) is 0.701. The van der Waals surface area contributed by atoms with E-state index in [1.54, 1.807) is 12.1 Å². The normalized spacial score (nSPS) is 23.8. The van der Waals surface area contributed by atoms with Crippen LogP contribution in [0.4, 0.5) is 5.69 Å². The summed E-state index contributed by atoms with van der Waals surface area (Å²) in [6, 6.07) is 3.41. The Kier molecular flexibility index (Phi) is 4.39. The van der Waals surface area contributed by atoms with E-state index in [4.69, 9.17) is 5.73 Å². The van der Waals surface area contributed by atoms with Crippen LogP contribution in [0.2, 0.25) is 0 Å². The number of hydrogen-bond acceptors (Lipinski definition) is 3. The van der Waals surface area contributed by atoms with Crippen LogP contribution in [-0.4, -0.2) is 14.5 Å². The summed E-state index contributed by atoms with van der Waals surface area (Å²) >= 11 is 0. The molecule has 5 heteroatoms. The fraction of sp³-hybridized carbons (Fsp3) is 0.600. The van der Waals surface area contributed by atoms with E-state index in [2.05, 4.69) is 11.6 Å². The van der Waals surface area contributed by atoms with Crippen molar-refractivity contribution >= 4 is 15.7 Å². The highest BCUT2D eigenvalue weighted by atomic mass is 32.2. The lowest BCUT2D eigenvalue weighted by atomic mass is 9.88. The molecular formula is C15H24N2O2S. The predicted molar refractivity (Wildman–Crippen MR) is 82.1 cm³/mol. The third kappa shape index (κ3) is 3.33. The van der Waals surface area contributed by atoms with Crippen molar-refractivity contribution in [3.8, 4) is 0 Å². The average molecular weight is 296 g/mol. The summed E-state index contributed by atoms with van der Waals surface area (Å²) in [4.78, 5) is 0.314. The van der Waals surface area contributed by atoms with Crippen molar-refractivity contribution in [1.29, 1.82) is 0 Å². The molecule has 0 atom stereocenters. The van der Waals surface area contributed by atoms with Crippen molar-refractivity contribution in [2.75, 3.05) is 5.73 Å². The molecule has 0 heterocycles. The largest absolute Gasteiger partial charge is 0.399 e. The first-order valence-corrected chi connectivity index (χ1v) is 8.67. The number of nitrogen functional groups attached to an aromatic ring is 1. The predicted octanol–water partition coefficient (Wildman–Crippen LogP) is 2.74. The number of hydrogen-bond donors (Lipinski definition) is 2. The van der Waals surface area contributed by atoms with Gasteiger partial charge in [-0.05, 0) is 68.7 Å². The van der Waals surface area contributed by atoms with E-state index in [0.717, 1.165) is 36.8 Å². The molecule has 0 aromatic heterocycles. The van der Waals surface area contributed by atoms with Gasteiger partial charge < -0.3 is 5.73 Å². The van der Waals surface area contributed by atoms with E-state index in [1.807, 2.05) is 13.8 Å². The molecule has 1 aromatic carbocycles. The van der Waals surface area contributed by atoms with Crippen LogP contribution in [0.25, 0.3) is 0 Å². The van der Waals surface area contributed by atoms with Gasteiger partial charge >= 0.3 is 0 Å². The number of rotatable bonds is 3. The lowest BCUT2D eigenvalue weighted by Gasteiger charge is -2.27. The summed E-state index contributed by atoms with van der Waals surface area (Å²) in [6.07, 6.45) is 4.01. The Bertz CT molecular complexity index is 588. The average Bonchev–Trinajstić information content (AvgIpc) is 2.36. The van der Waals surface area contributed by atoms with Gasteiger partial charge in [-0.15, -0.1) is 0 Å². The summed E-state index contributed by atoms with van der Waals surface area (Å²) in [5, 5.41) is 0. The van der Waals surface area contributed by atoms with Crippen molar-refractivity contribution in [2.24, 2.45) is 5.92 Å². The van der Waals surface area contributed by atoms with Crippen molar-refractivity contribution in [3.05, 3.63) is 23.3 Å². The molecule has 1 saturated carbocycles. The maximum absolute atomic E-state index is 12.5. The highest BCUT2D eigenvalue weighted by Crippen LogP contribution is 2.27. The van der Waals surface area contributed by atoms with E-state index in [-0.39, 0.29) is 6.04 Å². The third-order valence-electron chi connectivity index (χ3n) is 4.27. The maximum Gasteiger partial charge on any atom is 0.241 e. The topological polar surface area (TPSA) is 72.2 Å². The third-order valence-corrected chi connectivity index (χ3v) is 5.92. The van der Waals surface area contributed by atoms with Crippen LogP contribution in [0, 0.1) is 19.8 Å². The molecule has 1 fully saturated rings. The molecule has 112 valence electrons. The molecule has 20 heavy (non-hydrogen) atoms. The molecule has 3 N–H and O–H groups in total. The zero-order chi connectivity index (χ0) is 14.9. The van der Waals surface area contributed by atoms with Gasteiger partial charge in [0.1, 0.15) is 0 Å². The SMILES string of the molecule is Cc1cc(N)cc(S(=O)(=O)NC2CCC(C)CC2)c1C. The van der Waals surface area contributed by atoms with Crippen molar-refractivity contribution in [1.82, 2.24) is 4.72 Å². The van der Waals surface area contributed by atoms with Crippen LogP contribution in [-0.2, 0) is 10.0 Å². The van der Waals surface area contributed by atoms with Gasteiger partial charge in [-0.2, -0.15) is 0 Å². The molecule has 0 unspecified atom stereocenters. The maximum atomic E-state index is 12.5. The summed E-state index contributed by atoms with van der Waals surface area (Å²) in [7, 11) is -3.48. The quantitative estimate of drug-likeness (QED) is 0.842. The second-order valence-electron chi connectivity index (χ2n) is 6.04. The smallest absolute Gasteiger partial charge is 0.241 e. The fourth-order valence-corrected chi connectivity index (χ4v) is 4.45. The van der Waals surface area contributed by atoms with Gasteiger partial charge in [0.2, 0.25) is 10.0 Å². The second-order valence-corrected chi connectivity index (χ2v) is 7.72. The van der Waals surface area contributed by atoms with E-state index >= 15 is 0 Å². The molecule has 0 aliphatic heterocycles. The lowest BCUT2D eigenvalue weighted by Crippen LogP contribution is -2.37. The number of benzene rings is 1. The molecule has 1 aliphatic rings. The van der Waals surface area contributed by atoms with Crippen LogP contribution in [0.3, 0.4) is 0 Å². The van der Waals surface area contributed by atoms with Crippen LogP contribution >= 0.6 is 0 Å². The standard InChI is InChI=1S/C15H24N2O2S/c1-10-4-6-14(7-5-10)17-20(18,19)15-9-13(16)8-11(2)12(15)3/h8-10,14,17H,4-7,16H2,1-3H3. The first-order valence-electron chi connectivity index (χ1n) is 7.18. The molecule has 0 bridgehead atoms. The van der Waals surface area contributed by atoms with Gasteiger partial charge in [0.05, 0.1) is 4.90 Å². The van der Waals surface area contributed by atoms with Crippen LogP contribution in [0.1, 0.15) is 43.7 Å². The molecule has 0 radical (unpaired) electrons. The van der Waals surface area contributed by atoms with E-state index in [0.29, 0.717) is 16.5 Å². The summed E-state index contributed by atoms with van der Waals surface area (Å²) < 4.78 is 27.9. The highest BCUT2D eigenvalue weighted by Gasteiger charge is 2.25. The Labute approximate surface area is 121 Å². The van der Waals surface area contributed by atoms with Crippen molar-refractivity contribution < 1.29 is 8.42 Å². The minimum atomic E-state index is -3.48. The van der Waals surface area contributed by atoms with Gasteiger partial charge in [-0.25, -0.2) is 13.1 Å². The van der Waals surface area contributed by atoms with Gasteiger partial charge in [0.25, 0.3) is 0 Å². The molecule has 1 aliphatic carbocycles. The van der Waals surface area contributed by atoms with Gasteiger partial charge in [0, 0.05) is 11.7 Å². The van der Waals surface area contributed by atoms with E-state index in [9.17, 15) is 8.42 Å². The molecular weight excluding hydrogens is 272 g/mol. The monoisotopic (exact) mass is 296 g/mol. The van der Waals surface area contributed by atoms with E-state index in [1.165, 1.54) is 0 Å². The van der Waals surface area contributed by atoms with Crippen molar-refractivity contribution in [2.45, 2.75) is 57.4 Å². The van der Waals surface area contributed by atoms with Gasteiger partial charge in [-0.1, -0.05) is 6.92 Å². The number of nitrogens with one attached hydrogen (secondary N) is 1. The molecule has 0 amide bonds. The van der Waals surface area contributed by atoms with Crippen LogP contribution in [0.5, 0.6) is 0 Å². The Balaban J connectivity index is 2.23. The Hall–Kier alpha value is -1.07. The number of sulfonamides is 1. The highest BCUT2D eigenvalue weighted by molar-refractivity contribution is 7.89. The molecule has 0 saturated heterocycles. The zero-order valence-electron chi connectivity index (χ0n) is 12.4. The number of nitrogens with two attached hydrogens (primary N) is 1. The summed E-state index contributed by atoms with van der Waals surface area (Å²) in [5.41, 5.74) is 7.95. The second kappa shape index (κ2) is 5.74. The molecule has 1 aromatic rings. The molecule has 4 nitrogen and oxygen atoms in total. The number of anilines is 1. The van der Waals surface area contributed by atoms with Crippen LogP contribution < -0.4 is 10.5 Å². The van der Waals surface area contributed by atoms with E-state index < -0.39 is 10.0 Å². The lowest BCUT2D eigenvalue weighted by molar-refractivity contribution is 0.332. The Morgan fingerprint density at radius 2 is 1.75 bits per heavy atom. The molecule has 0 spiro atoms. The van der Waals surface area contributed by atoms with Crippen molar-refractivity contribution in [3.63, 3.8) is 0 Å². The minimum Gasteiger partial charge on any atom is -0.399 e. The Morgan fingerprint density at radius 3 is 2.35 bits per heavy atom. The van der Waals surface area contributed by atoms with Gasteiger partial charge in [0.15, 0.2) is 0 Å². The number of aryl methyl sites for hydroxylation is 1. The first-order chi connectivity index (χ1) is 9.29. The molecule has 2 rings (SSSR count). The Morgan fingerprint density at radius 1 is 1.15 bits per heavy atom. The zero-order valence-corrected chi connectivity index (χ0v) is 13.3. The minimum absolute atomic E-state index is 0.0531. The van der Waals surface area contributed by atoms with Crippen LogP contribution in [0.15, 0.2) is 17.0 Å². The van der Waals surface area contributed by atoms with Gasteiger partial charge in [-0.3, -0.25) is 0 Å². The first kappa shape index (κ1) is 15.3.